The molecule has 0 saturated heterocycles. The summed E-state index contributed by atoms with van der Waals surface area (Å²) in [6.45, 7) is 4.80. The number of rotatable bonds is 7. The third-order valence-electron chi connectivity index (χ3n) is 3.38. The molecule has 0 aliphatic heterocycles. The number of esters is 1. The van der Waals surface area contributed by atoms with Crippen LogP contribution in [0.5, 0.6) is 5.75 Å². The molecule has 0 aromatic heterocycles. The summed E-state index contributed by atoms with van der Waals surface area (Å²) < 4.78 is 9.85. The Balaban J connectivity index is 2.67. The van der Waals surface area contributed by atoms with Gasteiger partial charge in [-0.2, -0.15) is 0 Å². The molecule has 1 aromatic rings. The van der Waals surface area contributed by atoms with E-state index in [4.69, 9.17) is 4.74 Å². The van der Waals surface area contributed by atoms with Crippen molar-refractivity contribution >= 4 is 11.9 Å². The molecule has 0 bridgehead atoms. The Morgan fingerprint density at radius 1 is 1.24 bits per heavy atom. The van der Waals surface area contributed by atoms with E-state index in [1.807, 2.05) is 32.0 Å². The number of aryl methyl sites for hydroxylation is 1. The Labute approximate surface area is 125 Å². The SMILES string of the molecule is CCN(CCC(=O)OC)C(=O)Cc1ccc(C)c(OC)c1. The molecule has 0 heterocycles. The van der Waals surface area contributed by atoms with Crippen LogP contribution in [0.1, 0.15) is 24.5 Å². The van der Waals surface area contributed by atoms with Gasteiger partial charge in [0.25, 0.3) is 0 Å². The second kappa shape index (κ2) is 8.29. The molecule has 21 heavy (non-hydrogen) atoms. The molecule has 0 radical (unpaired) electrons. The largest absolute Gasteiger partial charge is 0.496 e. The van der Waals surface area contributed by atoms with Crippen molar-refractivity contribution in [2.45, 2.75) is 26.7 Å². The quantitative estimate of drug-likeness (QED) is 0.721. The van der Waals surface area contributed by atoms with Crippen molar-refractivity contribution < 1.29 is 19.1 Å². The van der Waals surface area contributed by atoms with E-state index in [-0.39, 0.29) is 18.3 Å². The monoisotopic (exact) mass is 293 g/mol. The van der Waals surface area contributed by atoms with E-state index in [1.165, 1.54) is 7.11 Å². The van der Waals surface area contributed by atoms with Crippen molar-refractivity contribution in [1.29, 1.82) is 0 Å². The number of ether oxygens (including phenoxy) is 2. The Morgan fingerprint density at radius 2 is 1.95 bits per heavy atom. The van der Waals surface area contributed by atoms with Crippen molar-refractivity contribution in [1.82, 2.24) is 4.90 Å². The molecule has 0 spiro atoms. The van der Waals surface area contributed by atoms with Gasteiger partial charge in [0.05, 0.1) is 27.1 Å². The maximum atomic E-state index is 12.3. The van der Waals surface area contributed by atoms with Crippen molar-refractivity contribution in [2.24, 2.45) is 0 Å². The summed E-state index contributed by atoms with van der Waals surface area (Å²) in [6.07, 6.45) is 0.513. The van der Waals surface area contributed by atoms with Gasteiger partial charge in [0.15, 0.2) is 0 Å². The van der Waals surface area contributed by atoms with E-state index in [0.29, 0.717) is 19.5 Å². The fourth-order valence-corrected chi connectivity index (χ4v) is 2.05. The van der Waals surface area contributed by atoms with Crippen LogP contribution in [-0.2, 0) is 20.7 Å². The molecule has 1 aromatic carbocycles. The fourth-order valence-electron chi connectivity index (χ4n) is 2.05. The molecule has 5 heteroatoms. The lowest BCUT2D eigenvalue weighted by Gasteiger charge is -2.20. The predicted molar refractivity (Wildman–Crippen MR) is 80.3 cm³/mol. The van der Waals surface area contributed by atoms with Gasteiger partial charge < -0.3 is 14.4 Å². The Bertz CT molecular complexity index is 499. The minimum absolute atomic E-state index is 0.00712. The van der Waals surface area contributed by atoms with Gasteiger partial charge in [-0.3, -0.25) is 9.59 Å². The summed E-state index contributed by atoms with van der Waals surface area (Å²) in [4.78, 5) is 25.1. The number of hydrogen-bond acceptors (Lipinski definition) is 4. The average Bonchev–Trinajstić information content (AvgIpc) is 2.49. The zero-order chi connectivity index (χ0) is 15.8. The highest BCUT2D eigenvalue weighted by atomic mass is 16.5. The third kappa shape index (κ3) is 5.10. The summed E-state index contributed by atoms with van der Waals surface area (Å²) in [5.41, 5.74) is 1.94. The number of methoxy groups -OCH3 is 2. The smallest absolute Gasteiger partial charge is 0.307 e. The van der Waals surface area contributed by atoms with Crippen molar-refractivity contribution in [3.8, 4) is 5.75 Å². The van der Waals surface area contributed by atoms with Crippen LogP contribution in [-0.4, -0.2) is 44.1 Å². The third-order valence-corrected chi connectivity index (χ3v) is 3.38. The fraction of sp³-hybridized carbons (Fsp3) is 0.500. The lowest BCUT2D eigenvalue weighted by molar-refractivity contribution is -0.141. The molecule has 116 valence electrons. The van der Waals surface area contributed by atoms with Crippen molar-refractivity contribution in [3.05, 3.63) is 29.3 Å². The summed E-state index contributed by atoms with van der Waals surface area (Å²) in [7, 11) is 2.96. The number of nitrogens with zero attached hydrogens (tertiary/aromatic N) is 1. The molecule has 0 aliphatic carbocycles. The van der Waals surface area contributed by atoms with Crippen molar-refractivity contribution in [3.63, 3.8) is 0 Å². The zero-order valence-corrected chi connectivity index (χ0v) is 13.1. The van der Waals surface area contributed by atoms with Crippen LogP contribution in [0.25, 0.3) is 0 Å². The van der Waals surface area contributed by atoms with Gasteiger partial charge in [-0.05, 0) is 31.0 Å². The first-order chi connectivity index (χ1) is 10.0. The average molecular weight is 293 g/mol. The Hall–Kier alpha value is -2.04. The Kier molecular flexibility index (Phi) is 6.72. The van der Waals surface area contributed by atoms with E-state index in [1.54, 1.807) is 12.0 Å². The van der Waals surface area contributed by atoms with Crippen LogP contribution in [0.4, 0.5) is 0 Å². The van der Waals surface area contributed by atoms with Crippen LogP contribution in [0.15, 0.2) is 18.2 Å². The molecule has 0 N–H and O–H groups in total. The molecule has 0 atom stereocenters. The molecule has 0 saturated carbocycles. The second-order valence-corrected chi connectivity index (χ2v) is 4.78. The standard InChI is InChI=1S/C16H23NO4/c1-5-17(9-8-16(19)21-4)15(18)11-13-7-6-12(2)14(10-13)20-3/h6-7,10H,5,8-9,11H2,1-4H3. The number of benzene rings is 1. The van der Waals surface area contributed by atoms with Gasteiger partial charge in [0, 0.05) is 13.1 Å². The van der Waals surface area contributed by atoms with Crippen LogP contribution < -0.4 is 4.74 Å². The summed E-state index contributed by atoms with van der Waals surface area (Å²) in [5, 5.41) is 0. The zero-order valence-electron chi connectivity index (χ0n) is 13.1. The number of hydrogen-bond donors (Lipinski definition) is 0. The molecular formula is C16H23NO4. The number of likely N-dealkylation sites (N-methyl/N-ethyl adjacent to an activating group) is 1. The van der Waals surface area contributed by atoms with Crippen LogP contribution in [0.3, 0.4) is 0 Å². The van der Waals surface area contributed by atoms with E-state index >= 15 is 0 Å². The topological polar surface area (TPSA) is 55.8 Å². The van der Waals surface area contributed by atoms with Gasteiger partial charge in [0.1, 0.15) is 5.75 Å². The molecule has 1 amide bonds. The Morgan fingerprint density at radius 3 is 2.52 bits per heavy atom. The highest BCUT2D eigenvalue weighted by Gasteiger charge is 2.14. The molecule has 5 nitrogen and oxygen atoms in total. The molecule has 0 fully saturated rings. The van der Waals surface area contributed by atoms with Gasteiger partial charge in [0.2, 0.25) is 5.91 Å². The first-order valence-electron chi connectivity index (χ1n) is 6.99. The van der Waals surface area contributed by atoms with E-state index in [9.17, 15) is 9.59 Å². The minimum Gasteiger partial charge on any atom is -0.496 e. The lowest BCUT2D eigenvalue weighted by atomic mass is 10.1. The van der Waals surface area contributed by atoms with E-state index < -0.39 is 0 Å². The highest BCUT2D eigenvalue weighted by molar-refractivity contribution is 5.79. The summed E-state index contributed by atoms with van der Waals surface area (Å²) >= 11 is 0. The summed E-state index contributed by atoms with van der Waals surface area (Å²) in [6, 6.07) is 5.73. The first-order valence-corrected chi connectivity index (χ1v) is 6.99. The highest BCUT2D eigenvalue weighted by Crippen LogP contribution is 2.19. The predicted octanol–water partition coefficient (Wildman–Crippen LogP) is 1.96. The van der Waals surface area contributed by atoms with E-state index in [0.717, 1.165) is 16.9 Å². The minimum atomic E-state index is -0.307. The van der Waals surface area contributed by atoms with Gasteiger partial charge in [-0.1, -0.05) is 12.1 Å². The first kappa shape index (κ1) is 17.0. The van der Waals surface area contributed by atoms with E-state index in [2.05, 4.69) is 4.74 Å². The number of carbonyl (C=O) groups excluding carboxylic acids is 2. The molecular weight excluding hydrogens is 270 g/mol. The molecule has 0 aliphatic rings. The maximum absolute atomic E-state index is 12.3. The lowest BCUT2D eigenvalue weighted by Crippen LogP contribution is -2.34. The van der Waals surface area contributed by atoms with Crippen molar-refractivity contribution in [2.75, 3.05) is 27.3 Å². The van der Waals surface area contributed by atoms with Crippen LogP contribution in [0.2, 0.25) is 0 Å². The maximum Gasteiger partial charge on any atom is 0.307 e. The molecule has 1 rings (SSSR count). The second-order valence-electron chi connectivity index (χ2n) is 4.78. The van der Waals surface area contributed by atoms with Gasteiger partial charge >= 0.3 is 5.97 Å². The number of carbonyl (C=O) groups is 2. The number of amides is 1. The van der Waals surface area contributed by atoms with Gasteiger partial charge in [-0.15, -0.1) is 0 Å². The molecule has 0 unspecified atom stereocenters. The van der Waals surface area contributed by atoms with Gasteiger partial charge in [-0.25, -0.2) is 0 Å². The van der Waals surface area contributed by atoms with Crippen LogP contribution >= 0.6 is 0 Å². The van der Waals surface area contributed by atoms with Crippen LogP contribution in [0, 0.1) is 6.92 Å². The summed E-state index contributed by atoms with van der Waals surface area (Å²) in [5.74, 6) is 0.462. The normalized spacial score (nSPS) is 10.1.